The Morgan fingerprint density at radius 3 is 2.70 bits per heavy atom. The van der Waals surface area contributed by atoms with E-state index in [2.05, 4.69) is 53.3 Å². The minimum Gasteiger partial charge on any atom is -0.447 e. The second-order valence-electron chi connectivity index (χ2n) is 8.29. The van der Waals surface area contributed by atoms with Crippen LogP contribution in [-0.2, 0) is 17.7 Å². The van der Waals surface area contributed by atoms with Gasteiger partial charge >= 0.3 is 12.1 Å². The molecular weight excluding hydrogens is 382 g/mol. The quantitative estimate of drug-likeness (QED) is 0.762. The molecule has 1 aliphatic heterocycles. The normalized spacial score (nSPS) is 17.4. The van der Waals surface area contributed by atoms with Crippen molar-refractivity contribution in [3.05, 3.63) is 34.7 Å². The Bertz CT molecular complexity index is 880. The molecule has 1 aromatic carbocycles. The van der Waals surface area contributed by atoms with E-state index in [4.69, 9.17) is 9.15 Å². The lowest BCUT2D eigenvalue weighted by Gasteiger charge is -2.39. The number of carbonyl (C=O) groups excluding carboxylic acids is 1. The third-order valence-corrected chi connectivity index (χ3v) is 5.35. The van der Waals surface area contributed by atoms with Gasteiger partial charge in [0.1, 0.15) is 0 Å². The van der Waals surface area contributed by atoms with E-state index in [1.54, 1.807) is 0 Å². The lowest BCUT2D eigenvalue weighted by atomic mass is 10.0. The Morgan fingerprint density at radius 2 is 2.07 bits per heavy atom. The molecule has 0 radical (unpaired) electrons. The number of aromatic nitrogens is 2. The number of hydrogen-bond acceptors (Lipinski definition) is 7. The summed E-state index contributed by atoms with van der Waals surface area (Å²) in [6.07, 6.45) is 0.388. The lowest BCUT2D eigenvalue weighted by Crippen LogP contribution is -2.54. The van der Waals surface area contributed by atoms with E-state index >= 15 is 0 Å². The van der Waals surface area contributed by atoms with Crippen LogP contribution in [0.3, 0.4) is 0 Å². The van der Waals surface area contributed by atoms with Gasteiger partial charge in [0.05, 0.1) is 6.10 Å². The average molecular weight is 416 g/mol. The van der Waals surface area contributed by atoms with Gasteiger partial charge < -0.3 is 19.4 Å². The second-order valence-corrected chi connectivity index (χ2v) is 8.29. The Morgan fingerprint density at radius 1 is 1.30 bits per heavy atom. The molecule has 8 nitrogen and oxygen atoms in total. The van der Waals surface area contributed by atoms with Crippen molar-refractivity contribution in [3.63, 3.8) is 0 Å². The molecule has 30 heavy (non-hydrogen) atoms. The van der Waals surface area contributed by atoms with Crippen molar-refractivity contribution in [2.75, 3.05) is 25.0 Å². The Hall–Kier alpha value is -2.61. The van der Waals surface area contributed by atoms with Crippen molar-refractivity contribution >= 4 is 17.8 Å². The molecule has 0 aliphatic carbocycles. The van der Waals surface area contributed by atoms with Crippen molar-refractivity contribution in [2.45, 2.75) is 66.7 Å². The third kappa shape index (κ3) is 5.30. The molecule has 8 heteroatoms. The number of carbonyl (C=O) groups is 1. The minimum atomic E-state index is -0.221. The number of nitrogens with zero attached hydrogens (tertiary/aromatic N) is 4. The highest BCUT2D eigenvalue weighted by atomic mass is 16.6. The first kappa shape index (κ1) is 22.1. The van der Waals surface area contributed by atoms with E-state index in [-0.39, 0.29) is 18.2 Å². The first-order valence-electron chi connectivity index (χ1n) is 10.7. The summed E-state index contributed by atoms with van der Waals surface area (Å²) in [7, 11) is 0. The van der Waals surface area contributed by atoms with Crippen molar-refractivity contribution in [1.82, 2.24) is 20.0 Å². The second kappa shape index (κ2) is 9.47. The molecule has 1 saturated heterocycles. The monoisotopic (exact) mass is 415 g/mol. The van der Waals surface area contributed by atoms with Crippen molar-refractivity contribution in [1.29, 1.82) is 0 Å². The van der Waals surface area contributed by atoms with Gasteiger partial charge in [0.25, 0.3) is 0 Å². The number of hydrogen-bond donors (Lipinski definition) is 1. The molecule has 1 amide bonds. The van der Waals surface area contributed by atoms with Gasteiger partial charge in [-0.15, -0.1) is 5.10 Å². The fraction of sp³-hybridized carbons (Fsp3) is 0.591. The molecule has 1 atom stereocenters. The predicted molar refractivity (Wildman–Crippen MR) is 116 cm³/mol. The Balaban J connectivity index is 1.68. The molecule has 0 bridgehead atoms. The Kier molecular flexibility index (Phi) is 6.97. The first-order valence-corrected chi connectivity index (χ1v) is 10.7. The zero-order chi connectivity index (χ0) is 21.8. The van der Waals surface area contributed by atoms with Crippen LogP contribution in [0.2, 0.25) is 0 Å². The number of amides is 1. The molecule has 1 fully saturated rings. The van der Waals surface area contributed by atoms with Crippen LogP contribution in [0.4, 0.5) is 16.5 Å². The van der Waals surface area contributed by atoms with Crippen LogP contribution < -0.4 is 5.32 Å². The highest BCUT2D eigenvalue weighted by Gasteiger charge is 2.29. The van der Waals surface area contributed by atoms with Crippen molar-refractivity contribution in [3.8, 4) is 0 Å². The maximum Gasteiger partial charge on any atom is 0.410 e. The van der Waals surface area contributed by atoms with Crippen LogP contribution in [0, 0.1) is 13.8 Å². The van der Waals surface area contributed by atoms with E-state index in [1.807, 2.05) is 25.7 Å². The predicted octanol–water partition coefficient (Wildman–Crippen LogP) is 4.04. The molecule has 0 saturated carbocycles. The summed E-state index contributed by atoms with van der Waals surface area (Å²) in [5, 5.41) is 11.3. The van der Waals surface area contributed by atoms with Crippen LogP contribution in [0.1, 0.15) is 50.3 Å². The van der Waals surface area contributed by atoms with E-state index in [1.165, 1.54) is 11.1 Å². The standard InChI is InChI=1S/C22H33N5O3/c1-7-20-24-25-21(30-20)23-19-11-15(4)10-18(17(19)6)13-26-8-9-27(16(5)12-26)22(28)29-14(2)3/h10-11,14,16H,7-9,12-13H2,1-6H3,(H,23,25)/t16-/m0/s1. The fourth-order valence-electron chi connectivity index (χ4n) is 3.75. The maximum atomic E-state index is 12.3. The van der Waals surface area contributed by atoms with Crippen molar-refractivity contribution in [2.24, 2.45) is 0 Å². The number of aryl methyl sites for hydroxylation is 2. The number of rotatable bonds is 6. The van der Waals surface area contributed by atoms with E-state index < -0.39 is 0 Å². The van der Waals surface area contributed by atoms with Gasteiger partial charge in [0.2, 0.25) is 5.89 Å². The average Bonchev–Trinajstić information content (AvgIpc) is 3.12. The van der Waals surface area contributed by atoms with Crippen LogP contribution in [0.15, 0.2) is 16.5 Å². The van der Waals surface area contributed by atoms with Gasteiger partial charge in [-0.05, 0) is 57.4 Å². The molecular formula is C22H33N5O3. The van der Waals surface area contributed by atoms with Crippen LogP contribution >= 0.6 is 0 Å². The smallest absolute Gasteiger partial charge is 0.410 e. The number of benzene rings is 1. The number of ether oxygens (including phenoxy) is 1. The zero-order valence-electron chi connectivity index (χ0n) is 18.9. The molecule has 164 valence electrons. The van der Waals surface area contributed by atoms with E-state index in [0.29, 0.717) is 24.9 Å². The van der Waals surface area contributed by atoms with Gasteiger partial charge in [-0.25, -0.2) is 4.79 Å². The first-order chi connectivity index (χ1) is 14.3. The maximum absolute atomic E-state index is 12.3. The zero-order valence-corrected chi connectivity index (χ0v) is 18.9. The lowest BCUT2D eigenvalue weighted by molar-refractivity contribution is 0.0349. The summed E-state index contributed by atoms with van der Waals surface area (Å²) < 4.78 is 11.0. The summed E-state index contributed by atoms with van der Waals surface area (Å²) in [4.78, 5) is 16.5. The SMILES string of the molecule is CCc1nnc(Nc2cc(C)cc(CN3CCN(C(=O)OC(C)C)[C@@H](C)C3)c2C)o1. The van der Waals surface area contributed by atoms with Crippen LogP contribution in [-0.4, -0.2) is 57.9 Å². The third-order valence-electron chi connectivity index (χ3n) is 5.35. The largest absolute Gasteiger partial charge is 0.447 e. The van der Waals surface area contributed by atoms with Crippen LogP contribution in [0.5, 0.6) is 0 Å². The number of nitrogens with one attached hydrogen (secondary N) is 1. The number of anilines is 2. The van der Waals surface area contributed by atoms with Crippen molar-refractivity contribution < 1.29 is 13.9 Å². The fourth-order valence-corrected chi connectivity index (χ4v) is 3.75. The highest BCUT2D eigenvalue weighted by molar-refractivity contribution is 5.68. The molecule has 1 aliphatic rings. The molecule has 1 N–H and O–H groups in total. The van der Waals surface area contributed by atoms with Gasteiger partial charge in [-0.1, -0.05) is 18.1 Å². The van der Waals surface area contributed by atoms with Gasteiger partial charge in [0.15, 0.2) is 0 Å². The summed E-state index contributed by atoms with van der Waals surface area (Å²) >= 11 is 0. The minimum absolute atomic E-state index is 0.101. The van der Waals surface area contributed by atoms with Gasteiger partial charge in [-0.3, -0.25) is 4.90 Å². The van der Waals surface area contributed by atoms with Gasteiger partial charge in [-0.2, -0.15) is 0 Å². The highest BCUT2D eigenvalue weighted by Crippen LogP contribution is 2.26. The molecule has 0 spiro atoms. The summed E-state index contributed by atoms with van der Waals surface area (Å²) in [6, 6.07) is 4.84. The molecule has 0 unspecified atom stereocenters. The van der Waals surface area contributed by atoms with Gasteiger partial charge in [0, 0.05) is 44.3 Å². The molecule has 2 aromatic rings. The number of piperazine rings is 1. The Labute approximate surface area is 178 Å². The molecule has 2 heterocycles. The summed E-state index contributed by atoms with van der Waals surface area (Å²) in [5.74, 6) is 0.617. The van der Waals surface area contributed by atoms with E-state index in [9.17, 15) is 4.79 Å². The summed E-state index contributed by atoms with van der Waals surface area (Å²) in [5.41, 5.74) is 4.55. The van der Waals surface area contributed by atoms with E-state index in [0.717, 1.165) is 30.9 Å². The molecule has 3 rings (SSSR count). The van der Waals surface area contributed by atoms with Crippen LogP contribution in [0.25, 0.3) is 0 Å². The summed E-state index contributed by atoms with van der Waals surface area (Å²) in [6.45, 7) is 15.1. The topological polar surface area (TPSA) is 83.7 Å². The molecule has 1 aromatic heterocycles.